The lowest BCUT2D eigenvalue weighted by atomic mass is 10.2. The molecule has 3 aromatic carbocycles. The molecule has 0 aliphatic rings. The van der Waals surface area contributed by atoms with Gasteiger partial charge < -0.3 is 5.32 Å². The molecule has 4 rings (SSSR count). The van der Waals surface area contributed by atoms with Crippen molar-refractivity contribution < 1.29 is 4.79 Å². The maximum atomic E-state index is 12.8. The highest BCUT2D eigenvalue weighted by atomic mass is 35.5. The molecule has 1 heterocycles. The third kappa shape index (κ3) is 4.05. The van der Waals surface area contributed by atoms with Gasteiger partial charge in [-0.15, -0.1) is 5.10 Å². The van der Waals surface area contributed by atoms with Gasteiger partial charge in [-0.3, -0.25) is 4.79 Å². The van der Waals surface area contributed by atoms with E-state index in [1.165, 1.54) is 0 Å². The zero-order chi connectivity index (χ0) is 21.3. The predicted octanol–water partition coefficient (Wildman–Crippen LogP) is 6.46. The molecule has 0 aliphatic carbocycles. The van der Waals surface area contributed by atoms with E-state index in [9.17, 15) is 4.79 Å². The Morgan fingerprint density at radius 3 is 2.40 bits per heavy atom. The van der Waals surface area contributed by atoms with Gasteiger partial charge in [0.2, 0.25) is 5.82 Å². The second-order valence-electron chi connectivity index (χ2n) is 6.50. The molecule has 0 bridgehead atoms. The molecule has 1 N–H and O–H groups in total. The highest BCUT2D eigenvalue weighted by molar-refractivity contribution is 6.42. The SMILES string of the molecule is Cc1c(Cl)cccc1-n1nc(C(=O)Nc2ccc(Cl)c(Cl)c2)nc1-c1ccccc1. The van der Waals surface area contributed by atoms with Gasteiger partial charge in [0, 0.05) is 16.3 Å². The first-order valence-corrected chi connectivity index (χ1v) is 10.1. The van der Waals surface area contributed by atoms with Crippen molar-refractivity contribution in [2.45, 2.75) is 6.92 Å². The topological polar surface area (TPSA) is 59.8 Å². The van der Waals surface area contributed by atoms with Crippen molar-refractivity contribution in [1.82, 2.24) is 14.8 Å². The number of carbonyl (C=O) groups is 1. The largest absolute Gasteiger partial charge is 0.319 e. The van der Waals surface area contributed by atoms with E-state index in [2.05, 4.69) is 15.4 Å². The lowest BCUT2D eigenvalue weighted by Gasteiger charge is -2.10. The number of nitrogens with zero attached hydrogens (tertiary/aromatic N) is 3. The Labute approximate surface area is 188 Å². The number of rotatable bonds is 4. The lowest BCUT2D eigenvalue weighted by molar-refractivity contribution is 0.101. The highest BCUT2D eigenvalue weighted by Crippen LogP contribution is 2.28. The number of halogens is 3. The molecule has 0 saturated heterocycles. The fourth-order valence-corrected chi connectivity index (χ4v) is 3.40. The molecular formula is C22H15Cl3N4O. The average Bonchev–Trinajstić information content (AvgIpc) is 3.19. The Hall–Kier alpha value is -2.86. The van der Waals surface area contributed by atoms with Crippen LogP contribution in [0.3, 0.4) is 0 Å². The first kappa shape index (κ1) is 20.4. The van der Waals surface area contributed by atoms with Gasteiger partial charge in [-0.1, -0.05) is 71.2 Å². The van der Waals surface area contributed by atoms with Crippen molar-refractivity contribution in [1.29, 1.82) is 0 Å². The zero-order valence-electron chi connectivity index (χ0n) is 15.7. The zero-order valence-corrected chi connectivity index (χ0v) is 18.0. The summed E-state index contributed by atoms with van der Waals surface area (Å²) in [5, 5.41) is 8.56. The Morgan fingerprint density at radius 2 is 1.67 bits per heavy atom. The molecule has 5 nitrogen and oxygen atoms in total. The molecule has 0 radical (unpaired) electrons. The van der Waals surface area contributed by atoms with Gasteiger partial charge in [-0.25, -0.2) is 9.67 Å². The number of nitrogens with one attached hydrogen (secondary N) is 1. The number of anilines is 1. The Bertz CT molecular complexity index is 1240. The van der Waals surface area contributed by atoms with E-state index in [1.807, 2.05) is 49.4 Å². The van der Waals surface area contributed by atoms with E-state index in [4.69, 9.17) is 34.8 Å². The number of carbonyl (C=O) groups excluding carboxylic acids is 1. The van der Waals surface area contributed by atoms with Crippen LogP contribution in [0.2, 0.25) is 15.1 Å². The van der Waals surface area contributed by atoms with Gasteiger partial charge in [0.1, 0.15) is 0 Å². The van der Waals surface area contributed by atoms with Crippen LogP contribution < -0.4 is 5.32 Å². The summed E-state index contributed by atoms with van der Waals surface area (Å²) < 4.78 is 1.63. The number of hydrogen-bond donors (Lipinski definition) is 1. The van der Waals surface area contributed by atoms with Gasteiger partial charge in [-0.2, -0.15) is 0 Å². The molecule has 0 unspecified atom stereocenters. The quantitative estimate of drug-likeness (QED) is 0.383. The highest BCUT2D eigenvalue weighted by Gasteiger charge is 2.20. The van der Waals surface area contributed by atoms with Gasteiger partial charge in [0.25, 0.3) is 5.91 Å². The monoisotopic (exact) mass is 456 g/mol. The van der Waals surface area contributed by atoms with E-state index < -0.39 is 5.91 Å². The van der Waals surface area contributed by atoms with Crippen LogP contribution in [0.1, 0.15) is 16.2 Å². The van der Waals surface area contributed by atoms with Crippen molar-refractivity contribution in [2.75, 3.05) is 5.32 Å². The first-order valence-electron chi connectivity index (χ1n) is 8.98. The Kier molecular flexibility index (Phi) is 5.77. The van der Waals surface area contributed by atoms with Crippen LogP contribution in [0.25, 0.3) is 17.1 Å². The van der Waals surface area contributed by atoms with Crippen molar-refractivity contribution in [3.05, 3.63) is 93.2 Å². The summed E-state index contributed by atoms with van der Waals surface area (Å²) in [6.45, 7) is 1.89. The molecular weight excluding hydrogens is 443 g/mol. The molecule has 4 aromatic rings. The third-order valence-electron chi connectivity index (χ3n) is 4.49. The second kappa shape index (κ2) is 8.48. The number of benzene rings is 3. The average molecular weight is 458 g/mol. The van der Waals surface area contributed by atoms with Crippen molar-refractivity contribution >= 4 is 46.4 Å². The summed E-state index contributed by atoms with van der Waals surface area (Å²) >= 11 is 18.3. The molecule has 0 saturated carbocycles. The van der Waals surface area contributed by atoms with Gasteiger partial charge in [0.15, 0.2) is 5.82 Å². The van der Waals surface area contributed by atoms with Crippen molar-refractivity contribution in [2.24, 2.45) is 0 Å². The molecule has 150 valence electrons. The fourth-order valence-electron chi connectivity index (χ4n) is 2.94. The summed E-state index contributed by atoms with van der Waals surface area (Å²) in [7, 11) is 0. The van der Waals surface area contributed by atoms with Crippen molar-refractivity contribution in [3.63, 3.8) is 0 Å². The molecule has 0 aliphatic heterocycles. The number of hydrogen-bond acceptors (Lipinski definition) is 3. The normalized spacial score (nSPS) is 10.8. The summed E-state index contributed by atoms with van der Waals surface area (Å²) in [5.41, 5.74) is 2.88. The van der Waals surface area contributed by atoms with Crippen molar-refractivity contribution in [3.8, 4) is 17.1 Å². The minimum Gasteiger partial charge on any atom is -0.319 e. The third-order valence-corrected chi connectivity index (χ3v) is 5.64. The van der Waals surface area contributed by atoms with Crippen LogP contribution in [0.15, 0.2) is 66.7 Å². The minimum absolute atomic E-state index is 0.0132. The van der Waals surface area contributed by atoms with E-state index >= 15 is 0 Å². The molecule has 30 heavy (non-hydrogen) atoms. The van der Waals surface area contributed by atoms with Gasteiger partial charge >= 0.3 is 0 Å². The Morgan fingerprint density at radius 1 is 0.900 bits per heavy atom. The van der Waals surface area contributed by atoms with Gasteiger partial charge in [0.05, 0.1) is 15.7 Å². The Balaban J connectivity index is 1.78. The van der Waals surface area contributed by atoms with Crippen LogP contribution >= 0.6 is 34.8 Å². The van der Waals surface area contributed by atoms with E-state index in [-0.39, 0.29) is 5.82 Å². The van der Waals surface area contributed by atoms with E-state index in [0.717, 1.165) is 16.8 Å². The molecule has 0 atom stereocenters. The van der Waals surface area contributed by atoms with Crippen LogP contribution in [-0.2, 0) is 0 Å². The molecule has 0 spiro atoms. The van der Waals surface area contributed by atoms with E-state index in [0.29, 0.717) is 26.6 Å². The molecule has 1 amide bonds. The maximum Gasteiger partial charge on any atom is 0.295 e. The number of amides is 1. The predicted molar refractivity (Wildman–Crippen MR) is 121 cm³/mol. The van der Waals surface area contributed by atoms with Crippen LogP contribution in [0, 0.1) is 6.92 Å². The summed E-state index contributed by atoms with van der Waals surface area (Å²) in [6, 6.07) is 19.9. The summed E-state index contributed by atoms with van der Waals surface area (Å²) in [6.07, 6.45) is 0. The molecule has 8 heteroatoms. The van der Waals surface area contributed by atoms with Crippen LogP contribution in [0.4, 0.5) is 5.69 Å². The molecule has 1 aromatic heterocycles. The second-order valence-corrected chi connectivity index (χ2v) is 7.73. The smallest absolute Gasteiger partial charge is 0.295 e. The first-order chi connectivity index (χ1) is 14.4. The maximum absolute atomic E-state index is 12.8. The van der Waals surface area contributed by atoms with Crippen LogP contribution in [0.5, 0.6) is 0 Å². The number of aromatic nitrogens is 3. The summed E-state index contributed by atoms with van der Waals surface area (Å²) in [5.74, 6) is 0.0727. The fraction of sp³-hybridized carbons (Fsp3) is 0.0455. The summed E-state index contributed by atoms with van der Waals surface area (Å²) in [4.78, 5) is 17.3. The lowest BCUT2D eigenvalue weighted by Crippen LogP contribution is -2.14. The van der Waals surface area contributed by atoms with E-state index in [1.54, 1.807) is 28.9 Å². The van der Waals surface area contributed by atoms with Gasteiger partial charge in [-0.05, 0) is 42.8 Å². The molecule has 0 fully saturated rings. The standard InChI is InChI=1S/C22H15Cl3N4O/c1-13-16(23)8-5-9-19(13)29-21(14-6-3-2-4-7-14)27-20(28-29)22(30)26-15-10-11-17(24)18(25)12-15/h2-12H,1H3,(H,26,30). The van der Waals surface area contributed by atoms with Crippen LogP contribution in [-0.4, -0.2) is 20.7 Å². The minimum atomic E-state index is -0.469.